The lowest BCUT2D eigenvalue weighted by Gasteiger charge is -2.19. The summed E-state index contributed by atoms with van der Waals surface area (Å²) >= 11 is 0. The Morgan fingerprint density at radius 3 is 2.21 bits per heavy atom. The van der Waals surface area contributed by atoms with Crippen LogP contribution < -0.4 is 9.64 Å². The van der Waals surface area contributed by atoms with Gasteiger partial charge in [-0.25, -0.2) is 4.79 Å². The minimum Gasteiger partial charge on any atom is -0.482 e. The fourth-order valence-electron chi connectivity index (χ4n) is 1.92. The van der Waals surface area contributed by atoms with Crippen LogP contribution in [0.25, 0.3) is 0 Å². The number of esters is 1. The maximum Gasteiger partial charge on any atom is 0.344 e. The van der Waals surface area contributed by atoms with Crippen molar-refractivity contribution in [3.63, 3.8) is 0 Å². The lowest BCUT2D eigenvalue weighted by molar-refractivity contribution is -0.149. The number of rotatable bonds is 7. The Bertz CT molecular complexity index is 711. The normalized spacial score (nSPS) is 9.62. The summed E-state index contributed by atoms with van der Waals surface area (Å²) in [4.78, 5) is 25.1. The Hall–Kier alpha value is -3.33. The molecule has 0 saturated carbocycles. The zero-order valence-electron chi connectivity index (χ0n) is 12.9. The van der Waals surface area contributed by atoms with Crippen molar-refractivity contribution in [2.24, 2.45) is 0 Å². The number of benzene rings is 2. The summed E-state index contributed by atoms with van der Waals surface area (Å²) in [5.41, 5.74) is 0.570. The number of nitrogens with zero attached hydrogens (tertiary/aromatic N) is 2. The second-order valence-electron chi connectivity index (χ2n) is 4.74. The number of hydrogen-bond acceptors (Lipinski definition) is 5. The van der Waals surface area contributed by atoms with Gasteiger partial charge in [0.15, 0.2) is 13.2 Å². The highest BCUT2D eigenvalue weighted by Gasteiger charge is 2.17. The zero-order valence-corrected chi connectivity index (χ0v) is 12.9. The van der Waals surface area contributed by atoms with Gasteiger partial charge in [0.05, 0.1) is 6.07 Å². The van der Waals surface area contributed by atoms with Crippen LogP contribution in [0.15, 0.2) is 60.7 Å². The van der Waals surface area contributed by atoms with Crippen LogP contribution in [-0.4, -0.2) is 31.6 Å². The molecule has 0 aliphatic carbocycles. The Kier molecular flexibility index (Phi) is 6.35. The number of hydrogen-bond donors (Lipinski definition) is 0. The first-order chi connectivity index (χ1) is 11.7. The van der Waals surface area contributed by atoms with Crippen LogP contribution >= 0.6 is 0 Å². The molecule has 6 nitrogen and oxygen atoms in total. The predicted molar refractivity (Wildman–Crippen MR) is 87.3 cm³/mol. The Morgan fingerprint density at radius 1 is 0.958 bits per heavy atom. The van der Waals surface area contributed by atoms with Crippen molar-refractivity contribution in [3.05, 3.63) is 60.7 Å². The van der Waals surface area contributed by atoms with Crippen LogP contribution in [0.5, 0.6) is 5.75 Å². The number of carbonyl (C=O) groups excluding carboxylic acids is 2. The van der Waals surface area contributed by atoms with E-state index >= 15 is 0 Å². The number of amides is 1. The van der Waals surface area contributed by atoms with Gasteiger partial charge < -0.3 is 9.47 Å². The molecular weight excluding hydrogens is 308 g/mol. The molecule has 0 spiro atoms. The number of ether oxygens (including phenoxy) is 2. The number of nitriles is 1. The SMILES string of the molecule is N#CCN(C(=O)COC(=O)COc1ccccc1)c1ccccc1. The van der Waals surface area contributed by atoms with Gasteiger partial charge in [-0.05, 0) is 24.3 Å². The molecular formula is C18H16N2O4. The third kappa shape index (κ3) is 5.14. The van der Waals surface area contributed by atoms with Crippen LogP contribution in [0, 0.1) is 11.3 Å². The molecule has 0 saturated heterocycles. The molecule has 0 aliphatic rings. The molecule has 0 aliphatic heterocycles. The van der Waals surface area contributed by atoms with E-state index in [1.165, 1.54) is 4.90 Å². The molecule has 2 aromatic rings. The van der Waals surface area contributed by atoms with Crippen molar-refractivity contribution in [1.29, 1.82) is 5.26 Å². The van der Waals surface area contributed by atoms with Crippen molar-refractivity contribution in [2.75, 3.05) is 24.7 Å². The molecule has 122 valence electrons. The topological polar surface area (TPSA) is 79.6 Å². The quantitative estimate of drug-likeness (QED) is 0.576. The first-order valence-corrected chi connectivity index (χ1v) is 7.26. The lowest BCUT2D eigenvalue weighted by Crippen LogP contribution is -2.35. The molecule has 0 unspecified atom stereocenters. The Labute approximate surface area is 139 Å². The van der Waals surface area contributed by atoms with E-state index in [2.05, 4.69) is 0 Å². The molecule has 0 bridgehead atoms. The highest BCUT2D eigenvalue weighted by atomic mass is 16.6. The van der Waals surface area contributed by atoms with E-state index in [0.717, 1.165) is 0 Å². The molecule has 1 amide bonds. The first kappa shape index (κ1) is 17.0. The molecule has 24 heavy (non-hydrogen) atoms. The van der Waals surface area contributed by atoms with Crippen LogP contribution in [0.4, 0.5) is 5.69 Å². The standard InChI is InChI=1S/C18H16N2O4/c19-11-12-20(15-7-3-1-4-8-15)17(21)13-24-18(22)14-23-16-9-5-2-6-10-16/h1-10H,12-14H2. The summed E-state index contributed by atoms with van der Waals surface area (Å²) in [6.07, 6.45) is 0. The van der Waals surface area contributed by atoms with Crippen LogP contribution in [-0.2, 0) is 14.3 Å². The molecule has 0 radical (unpaired) electrons. The zero-order chi connectivity index (χ0) is 17.2. The molecule has 0 atom stereocenters. The van der Waals surface area contributed by atoms with Gasteiger partial charge >= 0.3 is 5.97 Å². The summed E-state index contributed by atoms with van der Waals surface area (Å²) in [5, 5.41) is 8.86. The average Bonchev–Trinajstić information content (AvgIpc) is 2.64. The molecule has 2 rings (SSSR count). The van der Waals surface area contributed by atoms with E-state index < -0.39 is 18.5 Å². The van der Waals surface area contributed by atoms with E-state index in [-0.39, 0.29) is 13.2 Å². The van der Waals surface area contributed by atoms with Gasteiger partial charge in [-0.1, -0.05) is 36.4 Å². The van der Waals surface area contributed by atoms with Crippen molar-refractivity contribution in [3.8, 4) is 11.8 Å². The maximum absolute atomic E-state index is 12.2. The minimum absolute atomic E-state index is 0.124. The molecule has 6 heteroatoms. The third-order valence-electron chi connectivity index (χ3n) is 3.05. The second-order valence-corrected chi connectivity index (χ2v) is 4.74. The summed E-state index contributed by atoms with van der Waals surface area (Å²) in [7, 11) is 0. The van der Waals surface area contributed by atoms with Gasteiger partial charge in [0, 0.05) is 5.69 Å². The van der Waals surface area contributed by atoms with E-state index in [1.54, 1.807) is 54.6 Å². The average molecular weight is 324 g/mol. The van der Waals surface area contributed by atoms with Gasteiger partial charge in [-0.3, -0.25) is 9.69 Å². The molecule has 0 heterocycles. The summed E-state index contributed by atoms with van der Waals surface area (Å²) in [5.74, 6) is -0.593. The molecule has 0 fully saturated rings. The molecule has 0 N–H and O–H groups in total. The fraction of sp³-hybridized carbons (Fsp3) is 0.167. The van der Waals surface area contributed by atoms with Gasteiger partial charge in [0.2, 0.25) is 0 Å². The van der Waals surface area contributed by atoms with Crippen LogP contribution in [0.1, 0.15) is 0 Å². The van der Waals surface area contributed by atoms with Gasteiger partial charge in [0.1, 0.15) is 12.3 Å². The molecule has 0 aromatic heterocycles. The Balaban J connectivity index is 1.84. The van der Waals surface area contributed by atoms with Gasteiger partial charge in [0.25, 0.3) is 5.91 Å². The van der Waals surface area contributed by atoms with E-state index in [4.69, 9.17) is 14.7 Å². The van der Waals surface area contributed by atoms with Gasteiger partial charge in [-0.15, -0.1) is 0 Å². The second kappa shape index (κ2) is 8.96. The monoisotopic (exact) mass is 324 g/mol. The molecule has 2 aromatic carbocycles. The number of anilines is 1. The van der Waals surface area contributed by atoms with Crippen molar-refractivity contribution >= 4 is 17.6 Å². The Morgan fingerprint density at radius 2 is 1.58 bits per heavy atom. The lowest BCUT2D eigenvalue weighted by atomic mass is 10.3. The summed E-state index contributed by atoms with van der Waals surface area (Å²) in [6, 6.07) is 19.5. The maximum atomic E-state index is 12.2. The largest absolute Gasteiger partial charge is 0.482 e. The van der Waals surface area contributed by atoms with E-state index in [1.807, 2.05) is 12.1 Å². The highest BCUT2D eigenvalue weighted by molar-refractivity contribution is 5.95. The third-order valence-corrected chi connectivity index (χ3v) is 3.05. The van der Waals surface area contributed by atoms with Gasteiger partial charge in [-0.2, -0.15) is 5.26 Å². The van der Waals surface area contributed by atoms with Crippen molar-refractivity contribution < 1.29 is 19.1 Å². The first-order valence-electron chi connectivity index (χ1n) is 7.26. The number of para-hydroxylation sites is 2. The van der Waals surface area contributed by atoms with Crippen LogP contribution in [0.2, 0.25) is 0 Å². The van der Waals surface area contributed by atoms with Crippen LogP contribution in [0.3, 0.4) is 0 Å². The minimum atomic E-state index is -0.655. The predicted octanol–water partition coefficient (Wildman–Crippen LogP) is 2.17. The summed E-state index contributed by atoms with van der Waals surface area (Å²) < 4.78 is 10.2. The van der Waals surface area contributed by atoms with E-state index in [9.17, 15) is 9.59 Å². The highest BCUT2D eigenvalue weighted by Crippen LogP contribution is 2.13. The smallest absolute Gasteiger partial charge is 0.344 e. The summed E-state index contributed by atoms with van der Waals surface area (Å²) in [6.45, 7) is -0.866. The van der Waals surface area contributed by atoms with Crippen molar-refractivity contribution in [2.45, 2.75) is 0 Å². The number of carbonyl (C=O) groups is 2. The fourth-order valence-corrected chi connectivity index (χ4v) is 1.92. The van der Waals surface area contributed by atoms with Crippen molar-refractivity contribution in [1.82, 2.24) is 0 Å². The van der Waals surface area contributed by atoms with E-state index in [0.29, 0.717) is 11.4 Å².